The van der Waals surface area contributed by atoms with Crippen molar-refractivity contribution < 1.29 is 13.6 Å². The monoisotopic (exact) mass is 309 g/mol. The predicted molar refractivity (Wildman–Crippen MR) is 80.9 cm³/mol. The molecule has 7 nitrogen and oxygen atoms in total. The molecule has 0 amide bonds. The van der Waals surface area contributed by atoms with Crippen molar-refractivity contribution in [2.45, 2.75) is 6.61 Å². The predicted octanol–water partition coefficient (Wildman–Crippen LogP) is 2.75. The molecular formula is C16H11N3O4. The number of furan rings is 1. The van der Waals surface area contributed by atoms with Crippen LogP contribution < -0.4 is 10.4 Å². The number of nitrogens with one attached hydrogen (secondary N) is 1. The smallest absolute Gasteiger partial charge is 0.339 e. The Kier molecular flexibility index (Phi) is 3.16. The number of aromatic nitrogens is 3. The molecule has 4 rings (SSSR count). The molecule has 0 bridgehead atoms. The molecule has 3 heterocycles. The molecule has 4 aromatic rings. The van der Waals surface area contributed by atoms with Gasteiger partial charge in [0.15, 0.2) is 11.6 Å². The van der Waals surface area contributed by atoms with Gasteiger partial charge in [-0.25, -0.2) is 9.78 Å². The zero-order chi connectivity index (χ0) is 15.6. The van der Waals surface area contributed by atoms with Crippen LogP contribution in [0.2, 0.25) is 0 Å². The lowest BCUT2D eigenvalue weighted by Gasteiger charge is -2.06. The van der Waals surface area contributed by atoms with Crippen molar-refractivity contribution in [3.63, 3.8) is 0 Å². The molecule has 0 saturated carbocycles. The summed E-state index contributed by atoms with van der Waals surface area (Å²) >= 11 is 0. The molecule has 0 aliphatic carbocycles. The molecule has 0 spiro atoms. The van der Waals surface area contributed by atoms with E-state index in [1.807, 2.05) is 12.1 Å². The summed E-state index contributed by atoms with van der Waals surface area (Å²) in [5.74, 6) is 1.98. The van der Waals surface area contributed by atoms with Gasteiger partial charge in [0.05, 0.1) is 17.7 Å². The molecule has 7 heteroatoms. The molecule has 23 heavy (non-hydrogen) atoms. The van der Waals surface area contributed by atoms with Crippen molar-refractivity contribution in [1.82, 2.24) is 15.2 Å². The number of ether oxygens (including phenoxy) is 1. The van der Waals surface area contributed by atoms with Crippen molar-refractivity contribution >= 4 is 11.0 Å². The minimum absolute atomic E-state index is 0.140. The summed E-state index contributed by atoms with van der Waals surface area (Å²) in [6.45, 7) is 0.140. The minimum atomic E-state index is -0.465. The second kappa shape index (κ2) is 5.45. The summed E-state index contributed by atoms with van der Waals surface area (Å²) in [6.07, 6.45) is 1.55. The third-order valence-corrected chi connectivity index (χ3v) is 3.25. The molecule has 0 radical (unpaired) electrons. The molecule has 0 saturated heterocycles. The van der Waals surface area contributed by atoms with Crippen LogP contribution in [0, 0.1) is 0 Å². The first-order chi connectivity index (χ1) is 11.3. The van der Waals surface area contributed by atoms with E-state index in [1.165, 1.54) is 6.07 Å². The van der Waals surface area contributed by atoms with E-state index >= 15 is 0 Å². The number of fused-ring (bicyclic) bond motifs is 1. The van der Waals surface area contributed by atoms with E-state index in [9.17, 15) is 4.79 Å². The summed E-state index contributed by atoms with van der Waals surface area (Å²) < 4.78 is 16.0. The maximum absolute atomic E-state index is 11.6. The summed E-state index contributed by atoms with van der Waals surface area (Å²) in [7, 11) is 0. The van der Waals surface area contributed by atoms with Gasteiger partial charge in [-0.15, -0.1) is 5.10 Å². The maximum atomic E-state index is 11.6. The van der Waals surface area contributed by atoms with Crippen LogP contribution in [-0.4, -0.2) is 15.2 Å². The Morgan fingerprint density at radius 2 is 2.09 bits per heavy atom. The fraction of sp³-hybridized carbons (Fsp3) is 0.0625. The average molecular weight is 309 g/mol. The van der Waals surface area contributed by atoms with Gasteiger partial charge in [0, 0.05) is 0 Å². The van der Waals surface area contributed by atoms with Crippen molar-refractivity contribution in [3.8, 4) is 17.3 Å². The molecule has 1 N–H and O–H groups in total. The summed E-state index contributed by atoms with van der Waals surface area (Å²) in [5.41, 5.74) is 0.0105. The number of hydrogen-bond donors (Lipinski definition) is 1. The normalized spacial score (nSPS) is 11.0. The lowest BCUT2D eigenvalue weighted by molar-refractivity contribution is 0.297. The highest BCUT2D eigenvalue weighted by atomic mass is 16.5. The standard InChI is InChI=1S/C16H11N3O4/c20-15-8-13(10-4-1-2-5-11(10)23-15)22-9-14-17-16(19-18-14)12-6-3-7-21-12/h1-8H,9H2,(H,17,18,19). The minimum Gasteiger partial charge on any atom is -0.485 e. The molecule has 114 valence electrons. The third-order valence-electron chi connectivity index (χ3n) is 3.25. The summed E-state index contributed by atoms with van der Waals surface area (Å²) in [4.78, 5) is 15.9. The van der Waals surface area contributed by atoms with Crippen LogP contribution in [0.25, 0.3) is 22.6 Å². The number of benzene rings is 1. The molecule has 0 fully saturated rings. The third kappa shape index (κ3) is 2.59. The molecule has 0 unspecified atom stereocenters. The van der Waals surface area contributed by atoms with Crippen molar-refractivity contribution in [1.29, 1.82) is 0 Å². The van der Waals surface area contributed by atoms with Gasteiger partial charge in [-0.2, -0.15) is 0 Å². The number of rotatable bonds is 4. The van der Waals surface area contributed by atoms with Gasteiger partial charge in [0.2, 0.25) is 5.82 Å². The van der Waals surface area contributed by atoms with Gasteiger partial charge in [-0.05, 0) is 24.3 Å². The van der Waals surface area contributed by atoms with Crippen LogP contribution in [0.4, 0.5) is 0 Å². The highest BCUT2D eigenvalue weighted by molar-refractivity contribution is 5.82. The average Bonchev–Trinajstić information content (AvgIpc) is 3.23. The van der Waals surface area contributed by atoms with Gasteiger partial charge in [-0.1, -0.05) is 12.1 Å². The van der Waals surface area contributed by atoms with Gasteiger partial charge in [0.25, 0.3) is 0 Å². The fourth-order valence-corrected chi connectivity index (χ4v) is 2.22. The van der Waals surface area contributed by atoms with Crippen LogP contribution in [-0.2, 0) is 6.61 Å². The Bertz CT molecular complexity index is 1000. The molecular weight excluding hydrogens is 298 g/mol. The number of H-pyrrole nitrogens is 1. The Balaban J connectivity index is 1.59. The van der Waals surface area contributed by atoms with Gasteiger partial charge in [-0.3, -0.25) is 5.10 Å². The molecule has 3 aromatic heterocycles. The molecule has 0 aliphatic rings. The van der Waals surface area contributed by atoms with Crippen molar-refractivity contribution in [2.24, 2.45) is 0 Å². The first-order valence-corrected chi connectivity index (χ1v) is 6.90. The largest absolute Gasteiger partial charge is 0.485 e. The lowest BCUT2D eigenvalue weighted by Crippen LogP contribution is -2.03. The van der Waals surface area contributed by atoms with Gasteiger partial charge in [0.1, 0.15) is 17.9 Å². The zero-order valence-electron chi connectivity index (χ0n) is 11.9. The number of aromatic amines is 1. The second-order valence-electron chi connectivity index (χ2n) is 4.80. The quantitative estimate of drug-likeness (QED) is 0.582. The lowest BCUT2D eigenvalue weighted by atomic mass is 10.2. The Morgan fingerprint density at radius 1 is 1.17 bits per heavy atom. The van der Waals surface area contributed by atoms with E-state index in [1.54, 1.807) is 30.5 Å². The van der Waals surface area contributed by atoms with E-state index in [0.29, 0.717) is 28.7 Å². The Morgan fingerprint density at radius 3 is 2.96 bits per heavy atom. The van der Waals surface area contributed by atoms with E-state index in [4.69, 9.17) is 13.6 Å². The summed E-state index contributed by atoms with van der Waals surface area (Å²) in [6, 6.07) is 12.0. The van der Waals surface area contributed by atoms with Gasteiger partial charge >= 0.3 is 5.63 Å². The van der Waals surface area contributed by atoms with Crippen LogP contribution in [0.3, 0.4) is 0 Å². The highest BCUT2D eigenvalue weighted by Gasteiger charge is 2.10. The van der Waals surface area contributed by atoms with Crippen LogP contribution in [0.1, 0.15) is 5.82 Å². The Hall–Kier alpha value is -3.35. The maximum Gasteiger partial charge on any atom is 0.339 e. The molecule has 0 atom stereocenters. The van der Waals surface area contributed by atoms with Crippen molar-refractivity contribution in [2.75, 3.05) is 0 Å². The van der Waals surface area contributed by atoms with Crippen LogP contribution in [0.15, 0.2) is 62.4 Å². The van der Waals surface area contributed by atoms with E-state index in [0.717, 1.165) is 5.39 Å². The van der Waals surface area contributed by atoms with E-state index in [-0.39, 0.29) is 6.61 Å². The number of nitrogens with zero attached hydrogens (tertiary/aromatic N) is 2. The SMILES string of the molecule is O=c1cc(OCc2nc(-c3ccco3)n[nH]2)c2ccccc2o1. The van der Waals surface area contributed by atoms with E-state index in [2.05, 4.69) is 15.2 Å². The second-order valence-corrected chi connectivity index (χ2v) is 4.80. The van der Waals surface area contributed by atoms with Crippen LogP contribution in [0.5, 0.6) is 5.75 Å². The summed E-state index contributed by atoms with van der Waals surface area (Å²) in [5, 5.41) is 7.56. The molecule has 0 aliphatic heterocycles. The van der Waals surface area contributed by atoms with Crippen molar-refractivity contribution in [3.05, 3.63) is 65.0 Å². The first-order valence-electron chi connectivity index (χ1n) is 6.90. The number of hydrogen-bond acceptors (Lipinski definition) is 6. The topological polar surface area (TPSA) is 94.1 Å². The Labute approximate surface area is 129 Å². The highest BCUT2D eigenvalue weighted by Crippen LogP contribution is 2.24. The zero-order valence-corrected chi connectivity index (χ0v) is 11.9. The molecule has 1 aromatic carbocycles. The van der Waals surface area contributed by atoms with Crippen LogP contribution >= 0.6 is 0 Å². The van der Waals surface area contributed by atoms with E-state index < -0.39 is 5.63 Å². The van der Waals surface area contributed by atoms with Gasteiger partial charge < -0.3 is 13.6 Å². The number of para-hydroxylation sites is 1. The fourth-order valence-electron chi connectivity index (χ4n) is 2.22. The first kappa shape index (κ1) is 13.3.